The molecule has 18 heavy (non-hydrogen) atoms. The fourth-order valence-electron chi connectivity index (χ4n) is 1.99. The quantitative estimate of drug-likeness (QED) is 0.741. The molecule has 0 bridgehead atoms. The Hall–Kier alpha value is -1.89. The highest BCUT2D eigenvalue weighted by Crippen LogP contribution is 2.19. The minimum atomic E-state index is 0.0625. The highest BCUT2D eigenvalue weighted by atomic mass is 35.5. The van der Waals surface area contributed by atoms with Gasteiger partial charge in [0, 0.05) is 32.1 Å². The molecule has 3 rings (SSSR count). The van der Waals surface area contributed by atoms with E-state index in [-0.39, 0.29) is 5.91 Å². The lowest BCUT2D eigenvalue weighted by atomic mass is 10.3. The predicted octanol–water partition coefficient (Wildman–Crippen LogP) is 0.104. The van der Waals surface area contributed by atoms with Crippen molar-refractivity contribution >= 4 is 29.1 Å². The minimum absolute atomic E-state index is 0.0625. The van der Waals surface area contributed by atoms with Crippen LogP contribution >= 0.6 is 11.6 Å². The van der Waals surface area contributed by atoms with Gasteiger partial charge < -0.3 is 10.2 Å². The van der Waals surface area contributed by atoms with E-state index < -0.39 is 0 Å². The van der Waals surface area contributed by atoms with Crippen LogP contribution in [0.1, 0.15) is 6.42 Å². The third-order valence-corrected chi connectivity index (χ3v) is 3.03. The van der Waals surface area contributed by atoms with Crippen LogP contribution in [0, 0.1) is 0 Å². The van der Waals surface area contributed by atoms with Gasteiger partial charge in [-0.15, -0.1) is 0 Å². The van der Waals surface area contributed by atoms with E-state index in [2.05, 4.69) is 20.4 Å². The predicted molar refractivity (Wildman–Crippen MR) is 65.6 cm³/mol. The second-order valence-electron chi connectivity index (χ2n) is 4.00. The molecule has 2 aromatic heterocycles. The van der Waals surface area contributed by atoms with Crippen molar-refractivity contribution in [3.8, 4) is 0 Å². The maximum absolute atomic E-state index is 11.3. The summed E-state index contributed by atoms with van der Waals surface area (Å²) in [5, 5.41) is 7.32. The van der Waals surface area contributed by atoms with Crippen molar-refractivity contribution in [3.63, 3.8) is 0 Å². The molecule has 0 spiro atoms. The third kappa shape index (κ3) is 1.97. The summed E-state index contributed by atoms with van der Waals surface area (Å²) < 4.78 is 1.63. The van der Waals surface area contributed by atoms with Crippen LogP contribution in [-0.2, 0) is 4.79 Å². The van der Waals surface area contributed by atoms with Crippen LogP contribution in [0.4, 0.5) is 5.82 Å². The summed E-state index contributed by atoms with van der Waals surface area (Å²) in [4.78, 5) is 21.5. The number of carbonyl (C=O) groups excluding carboxylic acids is 1. The molecule has 8 heteroatoms. The fraction of sp³-hybridized carbons (Fsp3) is 0.400. The number of rotatable bonds is 1. The van der Waals surface area contributed by atoms with E-state index in [9.17, 15) is 4.79 Å². The van der Waals surface area contributed by atoms with E-state index in [0.717, 1.165) is 5.82 Å². The number of carbonyl (C=O) groups is 1. The van der Waals surface area contributed by atoms with Crippen molar-refractivity contribution in [2.24, 2.45) is 0 Å². The normalized spacial score (nSPS) is 16.7. The van der Waals surface area contributed by atoms with Gasteiger partial charge in [0.15, 0.2) is 0 Å². The first-order valence-electron chi connectivity index (χ1n) is 5.62. The highest BCUT2D eigenvalue weighted by molar-refractivity contribution is 6.29. The Kier molecular flexibility index (Phi) is 2.75. The Morgan fingerprint density at radius 2 is 2.28 bits per heavy atom. The molecule has 94 valence electrons. The average Bonchev–Trinajstić information content (AvgIpc) is 2.70. The Morgan fingerprint density at radius 1 is 1.39 bits per heavy atom. The van der Waals surface area contributed by atoms with Crippen LogP contribution in [0.2, 0.25) is 5.15 Å². The molecule has 1 aliphatic rings. The summed E-state index contributed by atoms with van der Waals surface area (Å²) in [6.45, 7) is 1.94. The number of hydrogen-bond acceptors (Lipinski definition) is 5. The Morgan fingerprint density at radius 3 is 3.17 bits per heavy atom. The van der Waals surface area contributed by atoms with Gasteiger partial charge >= 0.3 is 0 Å². The second kappa shape index (κ2) is 4.41. The lowest BCUT2D eigenvalue weighted by Gasteiger charge is -2.21. The molecule has 7 nitrogen and oxygen atoms in total. The number of anilines is 1. The molecule has 0 saturated carbocycles. The molecule has 1 fully saturated rings. The monoisotopic (exact) mass is 266 g/mol. The van der Waals surface area contributed by atoms with Crippen molar-refractivity contribution in [2.75, 3.05) is 24.5 Å². The van der Waals surface area contributed by atoms with Crippen molar-refractivity contribution in [2.45, 2.75) is 6.42 Å². The molecule has 1 N–H and O–H groups in total. The number of amides is 1. The SMILES string of the molecule is O=C1CCN(c2cc(Cl)nc3ncnn23)CCN1. The fourth-order valence-corrected chi connectivity index (χ4v) is 2.16. The average molecular weight is 267 g/mol. The van der Waals surface area contributed by atoms with Crippen LogP contribution < -0.4 is 10.2 Å². The van der Waals surface area contributed by atoms with Gasteiger partial charge in [-0.05, 0) is 0 Å². The summed E-state index contributed by atoms with van der Waals surface area (Å²) in [6.07, 6.45) is 1.89. The van der Waals surface area contributed by atoms with E-state index >= 15 is 0 Å². The molecule has 0 unspecified atom stereocenters. The molecule has 0 radical (unpaired) electrons. The molecule has 3 heterocycles. The van der Waals surface area contributed by atoms with Gasteiger partial charge in [-0.25, -0.2) is 0 Å². The van der Waals surface area contributed by atoms with Crippen LogP contribution in [0.5, 0.6) is 0 Å². The zero-order valence-corrected chi connectivity index (χ0v) is 10.3. The standard InChI is InChI=1S/C10H11ClN6O/c11-7-5-9(17-10(15-7)13-6-14-17)16-3-1-8(18)12-2-4-16/h5-6H,1-4H2,(H,12,18). The second-order valence-corrected chi connectivity index (χ2v) is 4.38. The lowest BCUT2D eigenvalue weighted by molar-refractivity contribution is -0.120. The number of nitrogens with zero attached hydrogens (tertiary/aromatic N) is 5. The molecule has 1 saturated heterocycles. The first kappa shape index (κ1) is 11.2. The number of nitrogens with one attached hydrogen (secondary N) is 1. The largest absolute Gasteiger partial charge is 0.354 e. The number of aromatic nitrogens is 4. The van der Waals surface area contributed by atoms with Crippen molar-refractivity contribution in [1.29, 1.82) is 0 Å². The molecule has 0 aromatic carbocycles. The summed E-state index contributed by atoms with van der Waals surface area (Å²) in [6, 6.07) is 1.74. The summed E-state index contributed by atoms with van der Waals surface area (Å²) in [7, 11) is 0. The lowest BCUT2D eigenvalue weighted by Crippen LogP contribution is -2.30. The Labute approximate surface area is 108 Å². The summed E-state index contributed by atoms with van der Waals surface area (Å²) in [5.74, 6) is 1.33. The molecular weight excluding hydrogens is 256 g/mol. The van der Waals surface area contributed by atoms with Gasteiger partial charge in [-0.1, -0.05) is 11.6 Å². The Bertz CT molecular complexity index is 597. The summed E-state index contributed by atoms with van der Waals surface area (Å²) in [5.41, 5.74) is 0. The molecule has 1 amide bonds. The highest BCUT2D eigenvalue weighted by Gasteiger charge is 2.17. The van der Waals surface area contributed by atoms with Gasteiger partial charge in [0.05, 0.1) is 0 Å². The zero-order valence-electron chi connectivity index (χ0n) is 9.51. The maximum atomic E-state index is 11.3. The minimum Gasteiger partial charge on any atom is -0.354 e. The van der Waals surface area contributed by atoms with Gasteiger partial charge in [-0.3, -0.25) is 4.79 Å². The van der Waals surface area contributed by atoms with E-state index in [1.54, 1.807) is 10.6 Å². The topological polar surface area (TPSA) is 75.4 Å². The van der Waals surface area contributed by atoms with Crippen LogP contribution in [0.15, 0.2) is 12.4 Å². The van der Waals surface area contributed by atoms with Crippen molar-refractivity contribution < 1.29 is 4.79 Å². The van der Waals surface area contributed by atoms with Crippen LogP contribution in [-0.4, -0.2) is 45.1 Å². The molecule has 2 aromatic rings. The first-order valence-corrected chi connectivity index (χ1v) is 6.00. The first-order chi connectivity index (χ1) is 8.74. The van der Waals surface area contributed by atoms with Gasteiger partial charge in [0.25, 0.3) is 5.78 Å². The molecule has 0 aliphatic carbocycles. The number of fused-ring (bicyclic) bond motifs is 1. The van der Waals surface area contributed by atoms with Crippen LogP contribution in [0.3, 0.4) is 0 Å². The Balaban J connectivity index is 2.02. The van der Waals surface area contributed by atoms with Gasteiger partial charge in [0.1, 0.15) is 17.3 Å². The smallest absolute Gasteiger partial charge is 0.255 e. The molecule has 0 atom stereocenters. The zero-order chi connectivity index (χ0) is 12.5. The van der Waals surface area contributed by atoms with Crippen LogP contribution in [0.25, 0.3) is 5.78 Å². The third-order valence-electron chi connectivity index (χ3n) is 2.84. The number of hydrogen-bond donors (Lipinski definition) is 1. The molecular formula is C10H11ClN6O. The van der Waals surface area contributed by atoms with Gasteiger partial charge in [-0.2, -0.15) is 19.6 Å². The van der Waals surface area contributed by atoms with Gasteiger partial charge in [0.2, 0.25) is 5.91 Å². The van der Waals surface area contributed by atoms with Crippen molar-refractivity contribution in [1.82, 2.24) is 24.9 Å². The summed E-state index contributed by atoms with van der Waals surface area (Å²) >= 11 is 5.97. The van der Waals surface area contributed by atoms with Crippen molar-refractivity contribution in [3.05, 3.63) is 17.5 Å². The van der Waals surface area contributed by atoms with E-state index in [1.807, 2.05) is 4.90 Å². The van der Waals surface area contributed by atoms with E-state index in [4.69, 9.17) is 11.6 Å². The number of halogens is 1. The maximum Gasteiger partial charge on any atom is 0.255 e. The van der Waals surface area contributed by atoms with E-state index in [1.165, 1.54) is 6.33 Å². The van der Waals surface area contributed by atoms with E-state index in [0.29, 0.717) is 37.0 Å². The molecule has 1 aliphatic heterocycles.